The van der Waals surface area contributed by atoms with E-state index in [0.29, 0.717) is 5.56 Å². The fourth-order valence-corrected chi connectivity index (χ4v) is 1.63. The molecule has 0 fully saturated rings. The fourth-order valence-electron chi connectivity index (χ4n) is 1.63. The molecule has 0 amide bonds. The van der Waals surface area contributed by atoms with Gasteiger partial charge in [0.1, 0.15) is 0 Å². The zero-order chi connectivity index (χ0) is 15.8. The van der Waals surface area contributed by atoms with Crippen LogP contribution in [0.25, 0.3) is 10.8 Å². The maximum Gasteiger partial charge on any atom is 0.336 e. The van der Waals surface area contributed by atoms with Crippen molar-refractivity contribution < 1.29 is 29.7 Å². The van der Waals surface area contributed by atoms with E-state index >= 15 is 0 Å². The van der Waals surface area contributed by atoms with E-state index in [4.69, 9.17) is 15.3 Å². The zero-order valence-corrected chi connectivity index (χ0v) is 11.0. The number of aromatic carboxylic acids is 1. The minimum absolute atomic E-state index is 0.296. The van der Waals surface area contributed by atoms with Crippen molar-refractivity contribution in [2.75, 3.05) is 0 Å². The van der Waals surface area contributed by atoms with Gasteiger partial charge in [0.2, 0.25) is 0 Å². The van der Waals surface area contributed by atoms with Crippen LogP contribution in [-0.2, 0) is 9.59 Å². The summed E-state index contributed by atoms with van der Waals surface area (Å²) in [7, 11) is 0. The smallest absolute Gasteiger partial charge is 0.336 e. The molecule has 0 saturated heterocycles. The minimum atomic E-state index is -1.08. The lowest BCUT2D eigenvalue weighted by Crippen LogP contribution is -2.00. The van der Waals surface area contributed by atoms with E-state index in [1.165, 1.54) is 0 Å². The molecule has 2 aromatic carbocycles. The van der Waals surface area contributed by atoms with Crippen LogP contribution in [0, 0.1) is 0 Å². The van der Waals surface area contributed by atoms with Crippen molar-refractivity contribution in [3.05, 3.63) is 48.0 Å². The number of carbonyl (C=O) groups is 3. The molecular formula is C15H14O6. The van der Waals surface area contributed by atoms with Gasteiger partial charge in [0.25, 0.3) is 0 Å². The highest BCUT2D eigenvalue weighted by molar-refractivity contribution is 6.03. The first-order chi connectivity index (χ1) is 9.91. The summed E-state index contributed by atoms with van der Waals surface area (Å²) in [5.41, 5.74) is 0.359. The largest absolute Gasteiger partial charge is 0.481 e. The summed E-state index contributed by atoms with van der Waals surface area (Å²) in [5, 5.41) is 26.4. The molecule has 0 aliphatic carbocycles. The standard InChI is InChI=1S/C11H8O2.C4H6O4/c12-11(13)10-7-3-5-8-4-1-2-6-9(8)10;5-3(6)1-2-4(7)8/h1-7H,(H,12,13);1-2H2,(H,5,6)(H,7,8). The number of fused-ring (bicyclic) bond motifs is 1. The zero-order valence-electron chi connectivity index (χ0n) is 11.0. The lowest BCUT2D eigenvalue weighted by molar-refractivity contribution is -0.143. The lowest BCUT2D eigenvalue weighted by atomic mass is 10.1. The van der Waals surface area contributed by atoms with Gasteiger partial charge in [-0.25, -0.2) is 4.79 Å². The summed E-state index contributed by atoms with van der Waals surface area (Å²) in [6.45, 7) is 0. The molecule has 0 aliphatic rings. The molecule has 0 atom stereocenters. The second-order valence-electron chi connectivity index (χ2n) is 4.12. The van der Waals surface area contributed by atoms with Gasteiger partial charge in [-0.05, 0) is 16.8 Å². The summed E-state index contributed by atoms with van der Waals surface area (Å²) in [5.74, 6) is -3.03. The summed E-state index contributed by atoms with van der Waals surface area (Å²) in [4.78, 5) is 30.1. The minimum Gasteiger partial charge on any atom is -0.481 e. The van der Waals surface area contributed by atoms with E-state index in [-0.39, 0.29) is 12.8 Å². The van der Waals surface area contributed by atoms with Crippen LogP contribution >= 0.6 is 0 Å². The van der Waals surface area contributed by atoms with Crippen LogP contribution in [0.1, 0.15) is 23.2 Å². The molecule has 110 valence electrons. The van der Waals surface area contributed by atoms with Gasteiger partial charge in [0.15, 0.2) is 0 Å². The number of carboxylic acid groups (broad SMARTS) is 3. The second kappa shape index (κ2) is 7.64. The number of carboxylic acids is 3. The molecule has 3 N–H and O–H groups in total. The molecule has 0 aromatic heterocycles. The van der Waals surface area contributed by atoms with Crippen LogP contribution in [-0.4, -0.2) is 33.2 Å². The van der Waals surface area contributed by atoms with Gasteiger partial charge >= 0.3 is 17.9 Å². The predicted molar refractivity (Wildman–Crippen MR) is 75.4 cm³/mol. The van der Waals surface area contributed by atoms with Gasteiger partial charge < -0.3 is 15.3 Å². The highest BCUT2D eigenvalue weighted by Crippen LogP contribution is 2.17. The van der Waals surface area contributed by atoms with E-state index < -0.39 is 17.9 Å². The summed E-state index contributed by atoms with van der Waals surface area (Å²) in [6, 6.07) is 12.7. The molecule has 0 heterocycles. The van der Waals surface area contributed by atoms with Crippen molar-refractivity contribution in [3.8, 4) is 0 Å². The predicted octanol–water partition coefficient (Wildman–Crippen LogP) is 2.47. The van der Waals surface area contributed by atoms with Crippen LogP contribution in [0.4, 0.5) is 0 Å². The molecule has 2 aromatic rings. The molecule has 21 heavy (non-hydrogen) atoms. The molecule has 0 aliphatic heterocycles. The van der Waals surface area contributed by atoms with Crippen molar-refractivity contribution in [3.63, 3.8) is 0 Å². The van der Waals surface area contributed by atoms with Crippen molar-refractivity contribution in [2.45, 2.75) is 12.8 Å². The summed E-state index contributed by atoms with van der Waals surface area (Å²) < 4.78 is 0. The lowest BCUT2D eigenvalue weighted by Gasteiger charge is -2.00. The van der Waals surface area contributed by atoms with Gasteiger partial charge in [-0.15, -0.1) is 0 Å². The third-order valence-corrected chi connectivity index (χ3v) is 2.57. The Labute approximate surface area is 120 Å². The first-order valence-electron chi connectivity index (χ1n) is 6.06. The Bertz CT molecular complexity index is 643. The number of hydrogen-bond acceptors (Lipinski definition) is 3. The Balaban J connectivity index is 0.000000240. The third kappa shape index (κ3) is 5.32. The monoisotopic (exact) mass is 290 g/mol. The van der Waals surface area contributed by atoms with E-state index in [9.17, 15) is 14.4 Å². The van der Waals surface area contributed by atoms with E-state index in [1.807, 2.05) is 30.3 Å². The van der Waals surface area contributed by atoms with Crippen LogP contribution < -0.4 is 0 Å². The van der Waals surface area contributed by atoms with Crippen molar-refractivity contribution >= 4 is 28.7 Å². The number of hydrogen-bond donors (Lipinski definition) is 3. The highest BCUT2D eigenvalue weighted by Gasteiger charge is 2.05. The number of aliphatic carboxylic acids is 2. The molecule has 6 nitrogen and oxygen atoms in total. The normalized spacial score (nSPS) is 9.52. The third-order valence-electron chi connectivity index (χ3n) is 2.57. The van der Waals surface area contributed by atoms with E-state index in [1.54, 1.807) is 12.1 Å². The van der Waals surface area contributed by atoms with E-state index in [2.05, 4.69) is 0 Å². The molecular weight excluding hydrogens is 276 g/mol. The van der Waals surface area contributed by atoms with Crippen LogP contribution in [0.3, 0.4) is 0 Å². The van der Waals surface area contributed by atoms with Gasteiger partial charge in [-0.1, -0.05) is 36.4 Å². The molecule has 0 bridgehead atoms. The summed E-state index contributed by atoms with van der Waals surface area (Å²) in [6.07, 6.45) is -0.593. The first kappa shape index (κ1) is 16.2. The molecule has 0 spiro atoms. The molecule has 2 rings (SSSR count). The van der Waals surface area contributed by atoms with Crippen LogP contribution in [0.5, 0.6) is 0 Å². The first-order valence-corrected chi connectivity index (χ1v) is 6.06. The van der Waals surface area contributed by atoms with Crippen LogP contribution in [0.2, 0.25) is 0 Å². The maximum atomic E-state index is 10.8. The van der Waals surface area contributed by atoms with E-state index in [0.717, 1.165) is 10.8 Å². The molecule has 0 unspecified atom stereocenters. The molecule has 0 saturated carbocycles. The quantitative estimate of drug-likeness (QED) is 0.797. The van der Waals surface area contributed by atoms with Gasteiger partial charge in [0, 0.05) is 0 Å². The Hall–Kier alpha value is -2.89. The highest BCUT2D eigenvalue weighted by atomic mass is 16.4. The average Bonchev–Trinajstić information content (AvgIpc) is 2.45. The average molecular weight is 290 g/mol. The van der Waals surface area contributed by atoms with Gasteiger partial charge in [-0.2, -0.15) is 0 Å². The topological polar surface area (TPSA) is 112 Å². The fraction of sp³-hybridized carbons (Fsp3) is 0.133. The van der Waals surface area contributed by atoms with Crippen molar-refractivity contribution in [1.82, 2.24) is 0 Å². The molecule has 0 radical (unpaired) electrons. The Kier molecular flexibility index (Phi) is 5.88. The second-order valence-corrected chi connectivity index (χ2v) is 4.12. The van der Waals surface area contributed by atoms with Crippen molar-refractivity contribution in [1.29, 1.82) is 0 Å². The number of benzene rings is 2. The Morgan fingerprint density at radius 1 is 0.762 bits per heavy atom. The number of rotatable bonds is 4. The Morgan fingerprint density at radius 2 is 1.29 bits per heavy atom. The van der Waals surface area contributed by atoms with Crippen LogP contribution in [0.15, 0.2) is 42.5 Å². The molecule has 6 heteroatoms. The summed E-state index contributed by atoms with van der Waals surface area (Å²) >= 11 is 0. The SMILES string of the molecule is O=C(O)CCC(=O)O.O=C(O)c1cccc2ccccc12. The van der Waals surface area contributed by atoms with Gasteiger partial charge in [-0.3, -0.25) is 9.59 Å². The van der Waals surface area contributed by atoms with Crippen molar-refractivity contribution in [2.24, 2.45) is 0 Å². The maximum absolute atomic E-state index is 10.8. The van der Waals surface area contributed by atoms with Gasteiger partial charge in [0.05, 0.1) is 18.4 Å². The Morgan fingerprint density at radius 3 is 1.81 bits per heavy atom.